The van der Waals surface area contributed by atoms with Crippen molar-refractivity contribution in [1.82, 2.24) is 4.98 Å². The van der Waals surface area contributed by atoms with Crippen LogP contribution in [0.25, 0.3) is 0 Å². The number of carbonyl (C=O) groups is 1. The van der Waals surface area contributed by atoms with E-state index in [4.69, 9.17) is 16.3 Å². The molecule has 0 aliphatic heterocycles. The van der Waals surface area contributed by atoms with Gasteiger partial charge in [-0.3, -0.25) is 4.79 Å². The van der Waals surface area contributed by atoms with E-state index in [1.807, 2.05) is 0 Å². The Bertz CT molecular complexity index is 444. The molecule has 1 aromatic heterocycles. The summed E-state index contributed by atoms with van der Waals surface area (Å²) in [5.41, 5.74) is -1.00. The van der Waals surface area contributed by atoms with Gasteiger partial charge in [0.1, 0.15) is 16.4 Å². The second-order valence-corrected chi connectivity index (χ2v) is 5.13. The molecule has 1 aromatic rings. The number of hydrogen-bond donors (Lipinski definition) is 0. The van der Waals surface area contributed by atoms with E-state index in [9.17, 15) is 13.6 Å². The number of pyridine rings is 1. The zero-order valence-electron chi connectivity index (χ0n) is 10.3. The van der Waals surface area contributed by atoms with E-state index >= 15 is 0 Å². The second-order valence-electron chi connectivity index (χ2n) is 4.74. The fraction of sp³-hybridized carbons (Fsp3) is 0.500. The van der Waals surface area contributed by atoms with Crippen LogP contribution >= 0.6 is 11.6 Å². The highest BCUT2D eigenvalue weighted by Crippen LogP contribution is 2.24. The summed E-state index contributed by atoms with van der Waals surface area (Å²) in [4.78, 5) is 15.1. The lowest BCUT2D eigenvalue weighted by Gasteiger charge is -2.19. The predicted octanol–water partition coefficient (Wildman–Crippen LogP) is 3.56. The van der Waals surface area contributed by atoms with Gasteiger partial charge < -0.3 is 4.74 Å². The normalized spacial score (nSPS) is 11.7. The fourth-order valence-electron chi connectivity index (χ4n) is 1.35. The van der Waals surface area contributed by atoms with Crippen LogP contribution in [-0.4, -0.2) is 16.6 Å². The van der Waals surface area contributed by atoms with Crippen LogP contribution in [0.5, 0.6) is 0 Å². The molecule has 18 heavy (non-hydrogen) atoms. The summed E-state index contributed by atoms with van der Waals surface area (Å²) in [5, 5.41) is -0.0294. The van der Waals surface area contributed by atoms with Gasteiger partial charge in [0.15, 0.2) is 0 Å². The largest absolute Gasteiger partial charge is 0.460 e. The minimum atomic E-state index is -2.78. The van der Waals surface area contributed by atoms with Gasteiger partial charge in [-0.05, 0) is 32.4 Å². The summed E-state index contributed by atoms with van der Waals surface area (Å²) in [5.74, 6) is -0.575. The number of aromatic nitrogens is 1. The monoisotopic (exact) mass is 277 g/mol. The molecule has 0 N–H and O–H groups in total. The number of ether oxygens (including phenoxy) is 1. The Morgan fingerprint density at radius 3 is 2.56 bits per heavy atom. The van der Waals surface area contributed by atoms with Gasteiger partial charge in [0, 0.05) is 0 Å². The smallest absolute Gasteiger partial charge is 0.310 e. The first kappa shape index (κ1) is 14.8. The highest BCUT2D eigenvalue weighted by Gasteiger charge is 2.21. The minimum Gasteiger partial charge on any atom is -0.460 e. The van der Waals surface area contributed by atoms with Crippen LogP contribution in [0.1, 0.15) is 38.5 Å². The molecule has 0 amide bonds. The second kappa shape index (κ2) is 5.61. The summed E-state index contributed by atoms with van der Waals surface area (Å²) in [6, 6.07) is 2.73. The molecule has 0 saturated carbocycles. The molecule has 1 rings (SSSR count). The van der Waals surface area contributed by atoms with Gasteiger partial charge in [-0.1, -0.05) is 17.7 Å². The molecular weight excluding hydrogens is 264 g/mol. The van der Waals surface area contributed by atoms with Gasteiger partial charge in [-0.25, -0.2) is 13.8 Å². The third-order valence-electron chi connectivity index (χ3n) is 1.94. The molecule has 0 spiro atoms. The van der Waals surface area contributed by atoms with Crippen LogP contribution < -0.4 is 0 Å². The van der Waals surface area contributed by atoms with Gasteiger partial charge in [0.25, 0.3) is 6.43 Å². The van der Waals surface area contributed by atoms with E-state index in [-0.39, 0.29) is 17.1 Å². The van der Waals surface area contributed by atoms with Crippen LogP contribution in [0.4, 0.5) is 8.78 Å². The Kier molecular flexibility index (Phi) is 4.62. The van der Waals surface area contributed by atoms with Gasteiger partial charge in [-0.2, -0.15) is 0 Å². The third-order valence-corrected chi connectivity index (χ3v) is 2.15. The zero-order valence-corrected chi connectivity index (χ0v) is 11.1. The van der Waals surface area contributed by atoms with Crippen molar-refractivity contribution in [2.75, 3.05) is 0 Å². The summed E-state index contributed by atoms with van der Waals surface area (Å²) in [6.07, 6.45) is -3.03. The van der Waals surface area contributed by atoms with Crippen LogP contribution in [0, 0.1) is 0 Å². The SMILES string of the molecule is CC(C)(C)OC(=O)Cc1ccc(Cl)nc1C(F)F. The summed E-state index contributed by atoms with van der Waals surface area (Å²) in [6.45, 7) is 5.12. The maximum absolute atomic E-state index is 12.7. The number of esters is 1. The zero-order chi connectivity index (χ0) is 13.9. The molecule has 3 nitrogen and oxygen atoms in total. The van der Waals surface area contributed by atoms with Crippen molar-refractivity contribution in [3.8, 4) is 0 Å². The van der Waals surface area contributed by atoms with Crippen LogP contribution in [0.3, 0.4) is 0 Å². The number of carbonyl (C=O) groups excluding carboxylic acids is 1. The Morgan fingerprint density at radius 2 is 2.06 bits per heavy atom. The summed E-state index contributed by atoms with van der Waals surface area (Å²) < 4.78 is 30.5. The Morgan fingerprint density at radius 1 is 1.44 bits per heavy atom. The van der Waals surface area contributed by atoms with Crippen molar-refractivity contribution in [1.29, 1.82) is 0 Å². The molecule has 6 heteroatoms. The van der Waals surface area contributed by atoms with Crippen molar-refractivity contribution >= 4 is 17.6 Å². The topological polar surface area (TPSA) is 39.2 Å². The quantitative estimate of drug-likeness (QED) is 0.626. The molecule has 100 valence electrons. The van der Waals surface area contributed by atoms with Gasteiger partial charge >= 0.3 is 5.97 Å². The lowest BCUT2D eigenvalue weighted by Crippen LogP contribution is -2.25. The molecule has 0 aromatic carbocycles. The Hall–Kier alpha value is -1.23. The van der Waals surface area contributed by atoms with Crippen molar-refractivity contribution in [2.45, 2.75) is 39.2 Å². The average Bonchev–Trinajstić information content (AvgIpc) is 2.17. The Labute approximate surface area is 109 Å². The fourth-order valence-corrected chi connectivity index (χ4v) is 1.50. The van der Waals surface area contributed by atoms with Crippen molar-refractivity contribution < 1.29 is 18.3 Å². The number of hydrogen-bond acceptors (Lipinski definition) is 3. The lowest BCUT2D eigenvalue weighted by atomic mass is 10.1. The summed E-state index contributed by atoms with van der Waals surface area (Å²) >= 11 is 5.54. The van der Waals surface area contributed by atoms with E-state index in [2.05, 4.69) is 4.98 Å². The van der Waals surface area contributed by atoms with E-state index in [0.717, 1.165) is 0 Å². The van der Waals surface area contributed by atoms with Crippen molar-refractivity contribution in [3.05, 3.63) is 28.5 Å². The molecule has 0 saturated heterocycles. The molecule has 0 unspecified atom stereocenters. The van der Waals surface area contributed by atoms with Gasteiger partial charge in [0.05, 0.1) is 6.42 Å². The van der Waals surface area contributed by atoms with E-state index in [1.165, 1.54) is 12.1 Å². The summed E-state index contributed by atoms with van der Waals surface area (Å²) in [7, 11) is 0. The van der Waals surface area contributed by atoms with Crippen LogP contribution in [-0.2, 0) is 16.0 Å². The number of rotatable bonds is 3. The molecule has 0 aliphatic rings. The maximum Gasteiger partial charge on any atom is 0.310 e. The molecule has 0 bridgehead atoms. The first-order valence-corrected chi connectivity index (χ1v) is 5.72. The lowest BCUT2D eigenvalue weighted by molar-refractivity contribution is -0.153. The van der Waals surface area contributed by atoms with Gasteiger partial charge in [-0.15, -0.1) is 0 Å². The van der Waals surface area contributed by atoms with Crippen LogP contribution in [0.15, 0.2) is 12.1 Å². The molecular formula is C12H14ClF2NO2. The average molecular weight is 278 g/mol. The third kappa shape index (κ3) is 4.56. The highest BCUT2D eigenvalue weighted by atomic mass is 35.5. The molecule has 0 atom stereocenters. The van der Waals surface area contributed by atoms with Gasteiger partial charge in [0.2, 0.25) is 0 Å². The number of alkyl halides is 2. The molecule has 1 heterocycles. The van der Waals surface area contributed by atoms with E-state index in [1.54, 1.807) is 20.8 Å². The van der Waals surface area contributed by atoms with E-state index < -0.39 is 23.7 Å². The maximum atomic E-state index is 12.7. The van der Waals surface area contributed by atoms with E-state index in [0.29, 0.717) is 0 Å². The van der Waals surface area contributed by atoms with Crippen molar-refractivity contribution in [3.63, 3.8) is 0 Å². The minimum absolute atomic E-state index is 0.0294. The molecule has 0 fully saturated rings. The first-order valence-electron chi connectivity index (χ1n) is 5.34. The highest BCUT2D eigenvalue weighted by molar-refractivity contribution is 6.29. The number of nitrogens with zero attached hydrogens (tertiary/aromatic N) is 1. The Balaban J connectivity index is 2.88. The standard InChI is InChI=1S/C12H14ClF2NO2/c1-12(2,3)18-9(17)6-7-4-5-8(13)16-10(7)11(14)15/h4-5,11H,6H2,1-3H3. The van der Waals surface area contributed by atoms with Crippen molar-refractivity contribution in [2.24, 2.45) is 0 Å². The first-order chi connectivity index (χ1) is 8.19. The van der Waals surface area contributed by atoms with Crippen LogP contribution in [0.2, 0.25) is 5.15 Å². The number of halogens is 3. The predicted molar refractivity (Wildman–Crippen MR) is 63.8 cm³/mol. The molecule has 0 radical (unpaired) electrons. The molecule has 0 aliphatic carbocycles.